The van der Waals surface area contributed by atoms with Gasteiger partial charge in [-0.3, -0.25) is 0 Å². The summed E-state index contributed by atoms with van der Waals surface area (Å²) in [5, 5.41) is 3.37. The van der Waals surface area contributed by atoms with E-state index in [0.717, 1.165) is 13.1 Å². The van der Waals surface area contributed by atoms with Crippen LogP contribution in [0.2, 0.25) is 0 Å². The van der Waals surface area contributed by atoms with E-state index in [4.69, 9.17) is 4.74 Å². The lowest BCUT2D eigenvalue weighted by molar-refractivity contribution is -0.147. The Bertz CT molecular complexity index is 204. The van der Waals surface area contributed by atoms with Gasteiger partial charge in [0.25, 0.3) is 0 Å². The molecule has 1 saturated carbocycles. The minimum atomic E-state index is 0.281. The van der Waals surface area contributed by atoms with E-state index in [9.17, 15) is 0 Å². The van der Waals surface area contributed by atoms with Gasteiger partial charge in [0.05, 0.1) is 11.7 Å². The van der Waals surface area contributed by atoms with Crippen LogP contribution >= 0.6 is 0 Å². The second-order valence-corrected chi connectivity index (χ2v) is 5.79. The Morgan fingerprint density at radius 3 is 2.64 bits per heavy atom. The molecular weight excluding hydrogens is 174 g/mol. The molecule has 1 unspecified atom stereocenters. The van der Waals surface area contributed by atoms with Gasteiger partial charge in [0.15, 0.2) is 0 Å². The summed E-state index contributed by atoms with van der Waals surface area (Å²) in [7, 11) is 0. The van der Waals surface area contributed by atoms with Gasteiger partial charge in [0.1, 0.15) is 0 Å². The lowest BCUT2D eigenvalue weighted by Crippen LogP contribution is -2.49. The largest absolute Gasteiger partial charge is 0.370 e. The number of nitrogens with one attached hydrogen (secondary N) is 1. The molecule has 0 amide bonds. The first-order valence-electron chi connectivity index (χ1n) is 5.94. The van der Waals surface area contributed by atoms with Gasteiger partial charge in [0.2, 0.25) is 0 Å². The molecule has 2 fully saturated rings. The Labute approximate surface area is 87.4 Å². The molecule has 1 aliphatic carbocycles. The van der Waals surface area contributed by atoms with E-state index >= 15 is 0 Å². The third-order valence-corrected chi connectivity index (χ3v) is 3.56. The van der Waals surface area contributed by atoms with Gasteiger partial charge in [-0.2, -0.15) is 0 Å². The molecule has 1 heterocycles. The van der Waals surface area contributed by atoms with E-state index in [1.54, 1.807) is 0 Å². The van der Waals surface area contributed by atoms with Crippen molar-refractivity contribution in [3.8, 4) is 0 Å². The molecule has 1 atom stereocenters. The van der Waals surface area contributed by atoms with Crippen LogP contribution in [0.4, 0.5) is 0 Å². The number of ether oxygens (including phenoxy) is 1. The highest BCUT2D eigenvalue weighted by Crippen LogP contribution is 2.55. The van der Waals surface area contributed by atoms with Crippen molar-refractivity contribution in [2.24, 2.45) is 5.41 Å². The van der Waals surface area contributed by atoms with Crippen LogP contribution in [0.15, 0.2) is 0 Å². The van der Waals surface area contributed by atoms with Gasteiger partial charge in [-0.1, -0.05) is 20.8 Å². The molecule has 0 aromatic rings. The highest BCUT2D eigenvalue weighted by atomic mass is 16.5. The van der Waals surface area contributed by atoms with Gasteiger partial charge in [0, 0.05) is 6.54 Å². The lowest BCUT2D eigenvalue weighted by atomic mass is 9.60. The van der Waals surface area contributed by atoms with Crippen molar-refractivity contribution in [2.75, 3.05) is 13.1 Å². The van der Waals surface area contributed by atoms with Crippen molar-refractivity contribution in [1.82, 2.24) is 5.32 Å². The van der Waals surface area contributed by atoms with Crippen molar-refractivity contribution in [3.05, 3.63) is 0 Å². The number of hydrogen-bond acceptors (Lipinski definition) is 2. The molecular formula is C12H23NO. The van der Waals surface area contributed by atoms with E-state index in [1.165, 1.54) is 25.7 Å². The summed E-state index contributed by atoms with van der Waals surface area (Å²) in [4.78, 5) is 0. The van der Waals surface area contributed by atoms with E-state index in [0.29, 0.717) is 11.5 Å². The predicted octanol–water partition coefficient (Wildman–Crippen LogP) is 2.33. The molecule has 14 heavy (non-hydrogen) atoms. The van der Waals surface area contributed by atoms with E-state index in [2.05, 4.69) is 26.1 Å². The second-order valence-electron chi connectivity index (χ2n) is 5.79. The predicted molar refractivity (Wildman–Crippen MR) is 58.4 cm³/mol. The highest BCUT2D eigenvalue weighted by Gasteiger charge is 2.53. The smallest absolute Gasteiger partial charge is 0.0708 e. The third-order valence-electron chi connectivity index (χ3n) is 3.56. The number of likely N-dealkylation sites (N-methyl/N-ethyl adjacent to an activating group) is 1. The van der Waals surface area contributed by atoms with Crippen molar-refractivity contribution < 1.29 is 4.74 Å². The first-order valence-corrected chi connectivity index (χ1v) is 5.94. The van der Waals surface area contributed by atoms with Crippen molar-refractivity contribution >= 4 is 0 Å². The molecule has 0 aromatic heterocycles. The summed E-state index contributed by atoms with van der Waals surface area (Å²) < 4.78 is 6.16. The van der Waals surface area contributed by atoms with Gasteiger partial charge in [-0.05, 0) is 37.6 Å². The summed E-state index contributed by atoms with van der Waals surface area (Å²) in [6.45, 7) is 8.94. The molecule has 2 heteroatoms. The molecule has 0 aromatic carbocycles. The Balaban J connectivity index is 1.78. The van der Waals surface area contributed by atoms with Crippen molar-refractivity contribution in [3.63, 3.8) is 0 Å². The zero-order valence-corrected chi connectivity index (χ0v) is 9.73. The molecule has 1 saturated heterocycles. The second kappa shape index (κ2) is 3.49. The third kappa shape index (κ3) is 1.96. The minimum absolute atomic E-state index is 0.281. The summed E-state index contributed by atoms with van der Waals surface area (Å²) in [6, 6.07) is 0. The fraction of sp³-hybridized carbons (Fsp3) is 1.00. The van der Waals surface area contributed by atoms with Crippen molar-refractivity contribution in [1.29, 1.82) is 0 Å². The molecule has 1 aliphatic heterocycles. The van der Waals surface area contributed by atoms with Gasteiger partial charge in [-0.15, -0.1) is 0 Å². The van der Waals surface area contributed by atoms with E-state index in [-0.39, 0.29) is 5.60 Å². The van der Waals surface area contributed by atoms with Gasteiger partial charge >= 0.3 is 0 Å². The first kappa shape index (κ1) is 10.4. The zero-order valence-electron chi connectivity index (χ0n) is 9.73. The molecule has 2 rings (SSSR count). The van der Waals surface area contributed by atoms with Crippen LogP contribution in [0.1, 0.15) is 46.5 Å². The monoisotopic (exact) mass is 197 g/mol. The maximum Gasteiger partial charge on any atom is 0.0708 e. The van der Waals surface area contributed by atoms with Crippen LogP contribution in [0, 0.1) is 5.41 Å². The van der Waals surface area contributed by atoms with Crippen LogP contribution < -0.4 is 5.32 Å². The van der Waals surface area contributed by atoms with Crippen LogP contribution in [0.3, 0.4) is 0 Å². The van der Waals surface area contributed by atoms with Gasteiger partial charge in [-0.25, -0.2) is 0 Å². The Hall–Kier alpha value is -0.0800. The quantitative estimate of drug-likeness (QED) is 0.750. The maximum atomic E-state index is 6.16. The summed E-state index contributed by atoms with van der Waals surface area (Å²) in [5.41, 5.74) is 0.816. The van der Waals surface area contributed by atoms with E-state index < -0.39 is 0 Å². The zero-order chi connectivity index (χ0) is 10.2. The average molecular weight is 197 g/mol. The molecule has 0 radical (unpaired) electrons. The fourth-order valence-electron chi connectivity index (χ4n) is 3.30. The standard InChI is InChI=1S/C12H23NO/c1-4-13-7-10-5-6-12(14-10)8-11(2,3)9-12/h10,13H,4-9H2,1-3H3. The van der Waals surface area contributed by atoms with Crippen LogP contribution in [0.25, 0.3) is 0 Å². The SMILES string of the molecule is CCNCC1CCC2(CC(C)(C)C2)O1. The van der Waals surface area contributed by atoms with Crippen LogP contribution in [0.5, 0.6) is 0 Å². The first-order chi connectivity index (χ1) is 6.55. The molecule has 2 nitrogen and oxygen atoms in total. The highest BCUT2D eigenvalue weighted by molar-refractivity contribution is 5.04. The average Bonchev–Trinajstić information content (AvgIpc) is 2.43. The molecule has 82 valence electrons. The number of rotatable bonds is 3. The lowest BCUT2D eigenvalue weighted by Gasteiger charge is -2.50. The molecule has 0 bridgehead atoms. The fourth-order valence-corrected chi connectivity index (χ4v) is 3.30. The number of hydrogen-bond donors (Lipinski definition) is 1. The van der Waals surface area contributed by atoms with Gasteiger partial charge < -0.3 is 10.1 Å². The normalized spacial score (nSPS) is 33.2. The summed E-state index contributed by atoms with van der Waals surface area (Å²) in [5.74, 6) is 0. The van der Waals surface area contributed by atoms with Crippen LogP contribution in [-0.4, -0.2) is 24.8 Å². The van der Waals surface area contributed by atoms with Crippen molar-refractivity contribution in [2.45, 2.75) is 58.2 Å². The maximum absolute atomic E-state index is 6.16. The summed E-state index contributed by atoms with van der Waals surface area (Å²) in [6.07, 6.45) is 5.55. The van der Waals surface area contributed by atoms with Crippen LogP contribution in [-0.2, 0) is 4.74 Å². The Morgan fingerprint density at radius 2 is 2.07 bits per heavy atom. The molecule has 1 N–H and O–H groups in total. The molecule has 1 spiro atoms. The Kier molecular flexibility index (Phi) is 2.61. The topological polar surface area (TPSA) is 21.3 Å². The minimum Gasteiger partial charge on any atom is -0.370 e. The summed E-state index contributed by atoms with van der Waals surface area (Å²) >= 11 is 0. The Morgan fingerprint density at radius 1 is 1.36 bits per heavy atom. The van der Waals surface area contributed by atoms with E-state index in [1.807, 2.05) is 0 Å². The molecule has 2 aliphatic rings.